The second-order valence-corrected chi connectivity index (χ2v) is 13.1. The largest absolute Gasteiger partial charge is 0.495 e. The van der Waals surface area contributed by atoms with Crippen molar-refractivity contribution < 1.29 is 37.8 Å². The summed E-state index contributed by atoms with van der Waals surface area (Å²) in [6.07, 6.45) is 5.03. The molecule has 0 saturated carbocycles. The van der Waals surface area contributed by atoms with E-state index in [1.54, 1.807) is 56.3 Å². The van der Waals surface area contributed by atoms with Gasteiger partial charge in [-0.05, 0) is 67.7 Å². The highest BCUT2D eigenvalue weighted by atomic mass is 35.5. The van der Waals surface area contributed by atoms with Crippen LogP contribution < -0.4 is 15.4 Å². The van der Waals surface area contributed by atoms with Crippen LogP contribution in [-0.2, 0) is 35.1 Å². The number of rotatable bonds is 8. The fourth-order valence-electron chi connectivity index (χ4n) is 4.78. The fraction of sp³-hybridized carbons (Fsp3) is 0.444. The Kier molecular flexibility index (Phi) is 13.6. The molecule has 0 radical (unpaired) electrons. The lowest BCUT2D eigenvalue weighted by molar-refractivity contribution is -0.178. The SMILES string of the molecule is COc1ccc(CC2NC(=O)/C=C/C[C@@H]([C@H](C)/C=C/c3ccc(F)cc3)OC(=O)[C@H](CC(C)C)OC(=O)C(C)(C)CNC2=O)cc1Cl. The number of amides is 2. The Labute approximate surface area is 280 Å². The lowest BCUT2D eigenvalue weighted by atomic mass is 9.93. The van der Waals surface area contributed by atoms with E-state index in [0.29, 0.717) is 16.3 Å². The smallest absolute Gasteiger partial charge is 0.347 e. The van der Waals surface area contributed by atoms with Gasteiger partial charge in [-0.3, -0.25) is 14.4 Å². The zero-order chi connectivity index (χ0) is 34.7. The van der Waals surface area contributed by atoms with Gasteiger partial charge in [0.1, 0.15) is 23.7 Å². The van der Waals surface area contributed by atoms with Crippen LogP contribution in [0.4, 0.5) is 4.39 Å². The molecule has 1 aliphatic rings. The highest BCUT2D eigenvalue weighted by molar-refractivity contribution is 6.32. The van der Waals surface area contributed by atoms with Crippen molar-refractivity contribution in [2.24, 2.45) is 17.3 Å². The molecule has 0 fully saturated rings. The summed E-state index contributed by atoms with van der Waals surface area (Å²) in [5.74, 6) is -2.67. The third-order valence-electron chi connectivity index (χ3n) is 7.70. The molecule has 1 heterocycles. The predicted molar refractivity (Wildman–Crippen MR) is 178 cm³/mol. The molecule has 0 aromatic heterocycles. The topological polar surface area (TPSA) is 120 Å². The highest BCUT2D eigenvalue weighted by Crippen LogP contribution is 2.26. The maximum Gasteiger partial charge on any atom is 0.347 e. The summed E-state index contributed by atoms with van der Waals surface area (Å²) in [6, 6.07) is 10.0. The van der Waals surface area contributed by atoms with Crippen LogP contribution >= 0.6 is 11.6 Å². The van der Waals surface area contributed by atoms with Crippen LogP contribution in [-0.4, -0.2) is 55.7 Å². The van der Waals surface area contributed by atoms with Gasteiger partial charge in [0.05, 0.1) is 17.5 Å². The molecule has 2 amide bonds. The Hall–Kier alpha value is -4.18. The number of esters is 2. The molecule has 0 bridgehead atoms. The van der Waals surface area contributed by atoms with Crippen LogP contribution in [0.3, 0.4) is 0 Å². The van der Waals surface area contributed by atoms with Gasteiger partial charge in [0.2, 0.25) is 11.8 Å². The Balaban J connectivity index is 1.93. The minimum atomic E-state index is -1.22. The lowest BCUT2D eigenvalue weighted by Crippen LogP contribution is -2.51. The van der Waals surface area contributed by atoms with Gasteiger partial charge in [-0.1, -0.05) is 68.8 Å². The third kappa shape index (κ3) is 11.5. The van der Waals surface area contributed by atoms with Crippen molar-refractivity contribution in [3.8, 4) is 5.75 Å². The number of carbonyl (C=O) groups excluding carboxylic acids is 4. The summed E-state index contributed by atoms with van der Waals surface area (Å²) in [5.41, 5.74) is 0.215. The van der Waals surface area contributed by atoms with Gasteiger partial charge < -0.3 is 24.8 Å². The first-order chi connectivity index (χ1) is 22.2. The number of hydrogen-bond acceptors (Lipinski definition) is 7. The summed E-state index contributed by atoms with van der Waals surface area (Å²) in [5, 5.41) is 5.84. The molecule has 1 unspecified atom stereocenters. The van der Waals surface area contributed by atoms with Crippen LogP contribution in [0.25, 0.3) is 6.08 Å². The van der Waals surface area contributed by atoms with Gasteiger partial charge in [-0.25, -0.2) is 9.18 Å². The quantitative estimate of drug-likeness (QED) is 0.339. The minimum Gasteiger partial charge on any atom is -0.495 e. The fourth-order valence-corrected chi connectivity index (χ4v) is 5.06. The van der Waals surface area contributed by atoms with E-state index in [-0.39, 0.29) is 43.5 Å². The Bertz CT molecular complexity index is 1470. The van der Waals surface area contributed by atoms with E-state index in [4.69, 9.17) is 25.8 Å². The van der Waals surface area contributed by atoms with E-state index in [1.807, 2.05) is 26.8 Å². The Morgan fingerprint density at radius 2 is 1.77 bits per heavy atom. The number of hydrogen-bond donors (Lipinski definition) is 2. The van der Waals surface area contributed by atoms with Gasteiger partial charge in [-0.15, -0.1) is 0 Å². The van der Waals surface area contributed by atoms with E-state index < -0.39 is 47.4 Å². The van der Waals surface area contributed by atoms with Crippen LogP contribution in [0.5, 0.6) is 5.75 Å². The lowest BCUT2D eigenvalue weighted by Gasteiger charge is -2.29. The zero-order valence-corrected chi connectivity index (χ0v) is 28.4. The van der Waals surface area contributed by atoms with Gasteiger partial charge in [0, 0.05) is 25.3 Å². The molecule has 2 aromatic rings. The van der Waals surface area contributed by atoms with E-state index in [2.05, 4.69) is 10.6 Å². The predicted octanol–water partition coefficient (Wildman–Crippen LogP) is 5.84. The third-order valence-corrected chi connectivity index (χ3v) is 7.99. The number of nitrogens with one attached hydrogen (secondary N) is 2. The summed E-state index contributed by atoms with van der Waals surface area (Å²) in [6.45, 7) is 8.72. The molecule has 254 valence electrons. The van der Waals surface area contributed by atoms with Crippen molar-refractivity contribution in [1.29, 1.82) is 0 Å². The first-order valence-corrected chi connectivity index (χ1v) is 16.0. The van der Waals surface area contributed by atoms with E-state index in [9.17, 15) is 23.6 Å². The minimum absolute atomic E-state index is 0.00110. The van der Waals surface area contributed by atoms with Gasteiger partial charge >= 0.3 is 11.9 Å². The van der Waals surface area contributed by atoms with Crippen LogP contribution in [0.1, 0.15) is 58.6 Å². The van der Waals surface area contributed by atoms with Crippen molar-refractivity contribution in [3.05, 3.63) is 82.7 Å². The van der Waals surface area contributed by atoms with Crippen molar-refractivity contribution in [1.82, 2.24) is 10.6 Å². The summed E-state index contributed by atoms with van der Waals surface area (Å²) < 4.78 is 30.3. The molecule has 0 spiro atoms. The summed E-state index contributed by atoms with van der Waals surface area (Å²) in [7, 11) is 1.49. The molecule has 0 saturated heterocycles. The molecule has 0 aliphatic carbocycles. The molecular formula is C36H44ClFN2O7. The monoisotopic (exact) mass is 670 g/mol. The number of halogens is 2. The maximum absolute atomic E-state index is 13.5. The molecule has 2 aromatic carbocycles. The molecule has 3 rings (SSSR count). The average molecular weight is 671 g/mol. The first kappa shape index (κ1) is 37.3. The first-order valence-electron chi connectivity index (χ1n) is 15.6. The Morgan fingerprint density at radius 3 is 2.40 bits per heavy atom. The van der Waals surface area contributed by atoms with Gasteiger partial charge in [0.25, 0.3) is 0 Å². The second-order valence-electron chi connectivity index (χ2n) is 12.7. The average Bonchev–Trinajstić information content (AvgIpc) is 3.01. The molecular weight excluding hydrogens is 627 g/mol. The maximum atomic E-state index is 13.5. The van der Waals surface area contributed by atoms with Crippen LogP contribution in [0, 0.1) is 23.1 Å². The van der Waals surface area contributed by atoms with E-state index >= 15 is 0 Å². The van der Waals surface area contributed by atoms with Crippen molar-refractivity contribution in [2.45, 2.75) is 72.1 Å². The molecule has 11 heteroatoms. The second kappa shape index (κ2) is 17.1. The van der Waals surface area contributed by atoms with Crippen molar-refractivity contribution >= 4 is 41.4 Å². The number of methoxy groups -OCH3 is 1. The summed E-state index contributed by atoms with van der Waals surface area (Å²) in [4.78, 5) is 53.3. The zero-order valence-electron chi connectivity index (χ0n) is 27.7. The molecule has 2 N–H and O–H groups in total. The van der Waals surface area contributed by atoms with Gasteiger partial charge in [0.15, 0.2) is 6.10 Å². The normalized spacial score (nSPS) is 22.6. The van der Waals surface area contributed by atoms with Crippen LogP contribution in [0.2, 0.25) is 5.02 Å². The number of ether oxygens (including phenoxy) is 3. The summed E-state index contributed by atoms with van der Waals surface area (Å²) >= 11 is 6.30. The molecule has 4 atom stereocenters. The number of carbonyl (C=O) groups is 4. The van der Waals surface area contributed by atoms with Crippen LogP contribution in [0.15, 0.2) is 60.7 Å². The van der Waals surface area contributed by atoms with Crippen molar-refractivity contribution in [3.63, 3.8) is 0 Å². The number of benzene rings is 2. The Morgan fingerprint density at radius 1 is 1.06 bits per heavy atom. The standard InChI is InChI=1S/C36H44ClFN2O7/c1-22(2)18-31-34(43)46-29(23(3)10-11-24-12-15-26(38)16-13-24)8-7-9-32(41)40-28(20-25-14-17-30(45-6)27(37)19-25)33(42)39-21-36(4,5)35(44)47-31/h7,9-17,19,22-23,28-29,31H,8,18,20-21H2,1-6H3,(H,39,42)(H,40,41)/b9-7+,11-10+/t23-,28?,29+,31+/m1/s1. The van der Waals surface area contributed by atoms with Crippen molar-refractivity contribution in [2.75, 3.05) is 13.7 Å². The molecule has 1 aliphatic heterocycles. The van der Waals surface area contributed by atoms with Gasteiger partial charge in [-0.2, -0.15) is 0 Å². The van der Waals surface area contributed by atoms with E-state index in [0.717, 1.165) is 5.56 Å². The number of cyclic esters (lactones) is 2. The highest BCUT2D eigenvalue weighted by Gasteiger charge is 2.37. The molecule has 47 heavy (non-hydrogen) atoms. The molecule has 9 nitrogen and oxygen atoms in total. The van der Waals surface area contributed by atoms with E-state index in [1.165, 1.54) is 25.3 Å².